The molecule has 0 aliphatic heterocycles. The maximum Gasteiger partial charge on any atom is 0.124 e. The van der Waals surface area contributed by atoms with Gasteiger partial charge in [0.2, 0.25) is 0 Å². The van der Waals surface area contributed by atoms with Crippen molar-refractivity contribution in [1.29, 1.82) is 0 Å². The van der Waals surface area contributed by atoms with Crippen LogP contribution >= 0.6 is 0 Å². The number of nitrogens with zero attached hydrogens (tertiary/aromatic N) is 1. The van der Waals surface area contributed by atoms with Crippen LogP contribution in [0, 0.1) is 0 Å². The third kappa shape index (κ3) is 5.21. The third-order valence-corrected chi connectivity index (χ3v) is 3.46. The Labute approximate surface area is 118 Å². The number of ether oxygens (including phenoxy) is 1. The molecule has 1 N–H and O–H groups in total. The van der Waals surface area contributed by atoms with Gasteiger partial charge >= 0.3 is 0 Å². The van der Waals surface area contributed by atoms with Crippen LogP contribution in [-0.2, 0) is 0 Å². The second-order valence-electron chi connectivity index (χ2n) is 4.67. The topological polar surface area (TPSA) is 24.5 Å². The van der Waals surface area contributed by atoms with Gasteiger partial charge in [-0.1, -0.05) is 32.0 Å². The van der Waals surface area contributed by atoms with Crippen LogP contribution in [0.15, 0.2) is 24.3 Å². The van der Waals surface area contributed by atoms with E-state index in [1.165, 1.54) is 5.56 Å². The first-order valence-electron chi connectivity index (χ1n) is 7.40. The molecule has 0 bridgehead atoms. The lowest BCUT2D eigenvalue weighted by Crippen LogP contribution is -2.33. The molecule has 0 fully saturated rings. The van der Waals surface area contributed by atoms with Gasteiger partial charge < -0.3 is 15.0 Å². The Morgan fingerprint density at radius 1 is 1.16 bits per heavy atom. The lowest BCUT2D eigenvalue weighted by molar-refractivity contribution is 0.295. The minimum absolute atomic E-state index is 0.318. The molecule has 1 unspecified atom stereocenters. The average Bonchev–Trinajstić information content (AvgIpc) is 2.44. The molecule has 1 rings (SSSR count). The van der Waals surface area contributed by atoms with Crippen LogP contribution in [0.1, 0.15) is 39.3 Å². The van der Waals surface area contributed by atoms with Gasteiger partial charge in [-0.2, -0.15) is 0 Å². The molecular weight excluding hydrogens is 236 g/mol. The van der Waals surface area contributed by atoms with Gasteiger partial charge in [0.1, 0.15) is 5.75 Å². The summed E-state index contributed by atoms with van der Waals surface area (Å²) >= 11 is 0. The molecule has 0 aromatic heterocycles. The molecule has 1 atom stereocenters. The Morgan fingerprint density at radius 2 is 1.84 bits per heavy atom. The fraction of sp³-hybridized carbons (Fsp3) is 0.625. The fourth-order valence-electron chi connectivity index (χ4n) is 2.21. The predicted octanol–water partition coefficient (Wildman–Crippen LogP) is 3.08. The zero-order valence-electron chi connectivity index (χ0n) is 12.8. The molecule has 0 amide bonds. The molecule has 0 saturated carbocycles. The molecule has 0 saturated heterocycles. The molecule has 0 radical (unpaired) electrons. The Hall–Kier alpha value is -1.06. The smallest absolute Gasteiger partial charge is 0.124 e. The first kappa shape index (κ1) is 16.0. The van der Waals surface area contributed by atoms with Gasteiger partial charge in [-0.25, -0.2) is 0 Å². The monoisotopic (exact) mass is 264 g/mol. The van der Waals surface area contributed by atoms with E-state index >= 15 is 0 Å². The highest BCUT2D eigenvalue weighted by atomic mass is 16.5. The van der Waals surface area contributed by atoms with E-state index in [0.29, 0.717) is 12.6 Å². The van der Waals surface area contributed by atoms with Crippen molar-refractivity contribution in [3.8, 4) is 5.75 Å². The van der Waals surface area contributed by atoms with E-state index in [4.69, 9.17) is 4.74 Å². The average molecular weight is 264 g/mol. The van der Waals surface area contributed by atoms with Gasteiger partial charge in [-0.05, 0) is 33.0 Å². The number of para-hydroxylation sites is 1. The summed E-state index contributed by atoms with van der Waals surface area (Å²) in [5.74, 6) is 0.993. The van der Waals surface area contributed by atoms with Crippen LogP contribution in [0.3, 0.4) is 0 Å². The molecule has 0 aliphatic carbocycles. The summed E-state index contributed by atoms with van der Waals surface area (Å²) in [7, 11) is 0. The Morgan fingerprint density at radius 3 is 2.47 bits per heavy atom. The van der Waals surface area contributed by atoms with Crippen LogP contribution in [0.4, 0.5) is 0 Å². The van der Waals surface area contributed by atoms with E-state index in [2.05, 4.69) is 43.1 Å². The molecule has 108 valence electrons. The van der Waals surface area contributed by atoms with Crippen molar-refractivity contribution in [2.24, 2.45) is 0 Å². The van der Waals surface area contributed by atoms with Crippen LogP contribution in [0.2, 0.25) is 0 Å². The molecule has 19 heavy (non-hydrogen) atoms. The van der Waals surface area contributed by atoms with Crippen molar-refractivity contribution in [2.75, 3.05) is 32.8 Å². The Bertz CT molecular complexity index is 350. The summed E-state index contributed by atoms with van der Waals surface area (Å²) in [5.41, 5.74) is 1.24. The zero-order chi connectivity index (χ0) is 14.1. The molecule has 0 spiro atoms. The summed E-state index contributed by atoms with van der Waals surface area (Å²) < 4.78 is 5.68. The standard InChI is InChI=1S/C16H28N2O/c1-5-18(6-2)13-12-17-14(4)15-10-8-9-11-16(15)19-7-3/h8-11,14,17H,5-7,12-13H2,1-4H3. The lowest BCUT2D eigenvalue weighted by atomic mass is 10.1. The SMILES string of the molecule is CCOc1ccccc1C(C)NCCN(CC)CC. The highest BCUT2D eigenvalue weighted by Gasteiger charge is 2.10. The van der Waals surface area contributed by atoms with Crippen molar-refractivity contribution in [3.05, 3.63) is 29.8 Å². The second kappa shape index (κ2) is 8.94. The maximum absolute atomic E-state index is 5.68. The molecule has 0 aliphatic rings. The fourth-order valence-corrected chi connectivity index (χ4v) is 2.21. The maximum atomic E-state index is 5.68. The van der Waals surface area contributed by atoms with Crippen LogP contribution < -0.4 is 10.1 Å². The van der Waals surface area contributed by atoms with Gasteiger partial charge in [0.15, 0.2) is 0 Å². The van der Waals surface area contributed by atoms with Crippen LogP contribution in [0.25, 0.3) is 0 Å². The van der Waals surface area contributed by atoms with Gasteiger partial charge in [-0.3, -0.25) is 0 Å². The third-order valence-electron chi connectivity index (χ3n) is 3.46. The highest BCUT2D eigenvalue weighted by molar-refractivity contribution is 5.35. The molecule has 0 heterocycles. The normalized spacial score (nSPS) is 12.7. The summed E-state index contributed by atoms with van der Waals surface area (Å²) in [6.45, 7) is 13.7. The number of benzene rings is 1. The van der Waals surface area contributed by atoms with Crippen molar-refractivity contribution in [2.45, 2.75) is 33.7 Å². The summed E-state index contributed by atoms with van der Waals surface area (Å²) in [4.78, 5) is 2.42. The number of rotatable bonds is 9. The van der Waals surface area contributed by atoms with E-state index in [1.54, 1.807) is 0 Å². The summed E-state index contributed by atoms with van der Waals surface area (Å²) in [5, 5.41) is 3.58. The molecule has 1 aromatic carbocycles. The number of likely N-dealkylation sites (N-methyl/N-ethyl adjacent to an activating group) is 1. The van der Waals surface area contributed by atoms with E-state index in [-0.39, 0.29) is 0 Å². The minimum atomic E-state index is 0.318. The van der Waals surface area contributed by atoms with Crippen molar-refractivity contribution < 1.29 is 4.74 Å². The number of nitrogens with one attached hydrogen (secondary N) is 1. The minimum Gasteiger partial charge on any atom is -0.494 e. The summed E-state index contributed by atoms with van der Waals surface area (Å²) in [6.07, 6.45) is 0. The van der Waals surface area contributed by atoms with Crippen molar-refractivity contribution >= 4 is 0 Å². The van der Waals surface area contributed by atoms with Gasteiger partial charge in [0.25, 0.3) is 0 Å². The Kier molecular flexibility index (Phi) is 7.53. The molecule has 3 nitrogen and oxygen atoms in total. The highest BCUT2D eigenvalue weighted by Crippen LogP contribution is 2.24. The first-order chi connectivity index (χ1) is 9.22. The molecular formula is C16H28N2O. The first-order valence-corrected chi connectivity index (χ1v) is 7.40. The van der Waals surface area contributed by atoms with Crippen LogP contribution in [-0.4, -0.2) is 37.7 Å². The van der Waals surface area contributed by atoms with Crippen molar-refractivity contribution in [3.63, 3.8) is 0 Å². The zero-order valence-corrected chi connectivity index (χ0v) is 12.8. The van der Waals surface area contributed by atoms with Gasteiger partial charge in [0.05, 0.1) is 6.61 Å². The number of hydrogen-bond donors (Lipinski definition) is 1. The Balaban J connectivity index is 2.51. The largest absolute Gasteiger partial charge is 0.494 e. The number of hydrogen-bond acceptors (Lipinski definition) is 3. The van der Waals surface area contributed by atoms with Gasteiger partial charge in [-0.15, -0.1) is 0 Å². The van der Waals surface area contributed by atoms with E-state index in [0.717, 1.165) is 31.9 Å². The lowest BCUT2D eigenvalue weighted by Gasteiger charge is -2.21. The quantitative estimate of drug-likeness (QED) is 0.742. The van der Waals surface area contributed by atoms with E-state index in [1.807, 2.05) is 19.1 Å². The van der Waals surface area contributed by atoms with Crippen molar-refractivity contribution in [1.82, 2.24) is 10.2 Å². The van der Waals surface area contributed by atoms with Gasteiger partial charge in [0, 0.05) is 24.7 Å². The molecule has 1 aromatic rings. The van der Waals surface area contributed by atoms with Crippen LogP contribution in [0.5, 0.6) is 5.75 Å². The second-order valence-corrected chi connectivity index (χ2v) is 4.67. The predicted molar refractivity (Wildman–Crippen MR) is 81.8 cm³/mol. The summed E-state index contributed by atoms with van der Waals surface area (Å²) in [6, 6.07) is 8.59. The molecule has 3 heteroatoms. The van der Waals surface area contributed by atoms with E-state index < -0.39 is 0 Å². The van der Waals surface area contributed by atoms with E-state index in [9.17, 15) is 0 Å².